The molecule has 12 heavy (non-hydrogen) atoms. The first-order valence-corrected chi connectivity index (χ1v) is 4.25. The lowest BCUT2D eigenvalue weighted by molar-refractivity contribution is 0.133. The van der Waals surface area contributed by atoms with Crippen molar-refractivity contribution in [3.63, 3.8) is 0 Å². The first kappa shape index (κ1) is 9.81. The molecule has 1 rings (SSSR count). The van der Waals surface area contributed by atoms with Gasteiger partial charge in [-0.1, -0.05) is 23.2 Å². The van der Waals surface area contributed by atoms with Crippen molar-refractivity contribution in [3.05, 3.63) is 33.8 Å². The lowest BCUT2D eigenvalue weighted by Gasteiger charge is -2.11. The lowest BCUT2D eigenvalue weighted by atomic mass is 10.1. The van der Waals surface area contributed by atoms with Gasteiger partial charge in [0.25, 0.3) is 0 Å². The molecule has 0 heterocycles. The molecule has 66 valence electrons. The van der Waals surface area contributed by atoms with Gasteiger partial charge < -0.3 is 5.21 Å². The summed E-state index contributed by atoms with van der Waals surface area (Å²) in [4.78, 5) is 0. The van der Waals surface area contributed by atoms with Crippen LogP contribution in [0.25, 0.3) is 0 Å². The fourth-order valence-electron chi connectivity index (χ4n) is 0.916. The van der Waals surface area contributed by atoms with Crippen LogP contribution in [0.1, 0.15) is 18.5 Å². The zero-order valence-electron chi connectivity index (χ0n) is 6.51. The fourth-order valence-corrected chi connectivity index (χ4v) is 1.38. The summed E-state index contributed by atoms with van der Waals surface area (Å²) >= 11 is 11.6. The summed E-state index contributed by atoms with van der Waals surface area (Å²) < 4.78 is 0. The van der Waals surface area contributed by atoms with E-state index in [1.54, 1.807) is 25.1 Å². The Morgan fingerprint density at radius 1 is 1.42 bits per heavy atom. The molecule has 0 amide bonds. The minimum Gasteiger partial charge on any atom is -0.316 e. The number of nitrogens with one attached hydrogen (secondary N) is 1. The van der Waals surface area contributed by atoms with E-state index >= 15 is 0 Å². The highest BCUT2D eigenvalue weighted by Crippen LogP contribution is 2.25. The number of hydrogen-bond donors (Lipinski definition) is 2. The number of rotatable bonds is 2. The summed E-state index contributed by atoms with van der Waals surface area (Å²) in [6.07, 6.45) is 0. The summed E-state index contributed by atoms with van der Waals surface area (Å²) in [7, 11) is 0. The number of hydrogen-bond acceptors (Lipinski definition) is 2. The minimum absolute atomic E-state index is 0.212. The zero-order chi connectivity index (χ0) is 9.14. The van der Waals surface area contributed by atoms with Gasteiger partial charge >= 0.3 is 0 Å². The maximum absolute atomic E-state index is 8.65. The van der Waals surface area contributed by atoms with Gasteiger partial charge in [-0.05, 0) is 30.7 Å². The molecule has 4 heteroatoms. The van der Waals surface area contributed by atoms with E-state index in [9.17, 15) is 0 Å². The molecule has 0 aliphatic rings. The van der Waals surface area contributed by atoms with E-state index in [0.717, 1.165) is 5.56 Å². The van der Waals surface area contributed by atoms with E-state index < -0.39 is 0 Å². The normalized spacial score (nSPS) is 13.0. The summed E-state index contributed by atoms with van der Waals surface area (Å²) in [5, 5.41) is 9.85. The van der Waals surface area contributed by atoms with Gasteiger partial charge in [-0.15, -0.1) is 0 Å². The van der Waals surface area contributed by atoms with E-state index in [1.165, 1.54) is 0 Å². The molecular weight excluding hydrogens is 197 g/mol. The van der Waals surface area contributed by atoms with Crippen LogP contribution in [0.3, 0.4) is 0 Å². The topological polar surface area (TPSA) is 32.3 Å². The Bertz CT molecular complexity index is 278. The molecule has 0 spiro atoms. The molecule has 0 saturated heterocycles. The average molecular weight is 206 g/mol. The second-order valence-corrected chi connectivity index (χ2v) is 3.36. The van der Waals surface area contributed by atoms with Crippen molar-refractivity contribution in [1.82, 2.24) is 5.48 Å². The van der Waals surface area contributed by atoms with Crippen LogP contribution in [-0.4, -0.2) is 5.21 Å². The average Bonchev–Trinajstić information content (AvgIpc) is 2.08. The minimum atomic E-state index is -0.212. The van der Waals surface area contributed by atoms with Gasteiger partial charge in [0.15, 0.2) is 0 Å². The quantitative estimate of drug-likeness (QED) is 0.729. The standard InChI is InChI=1S/C8H9Cl2NO/c1-5(11-12)7-4-6(9)2-3-8(7)10/h2-5,11-12H,1H3. The number of halogens is 2. The summed E-state index contributed by atoms with van der Waals surface area (Å²) in [5.74, 6) is 0. The molecule has 1 aromatic carbocycles. The highest BCUT2D eigenvalue weighted by atomic mass is 35.5. The van der Waals surface area contributed by atoms with Crippen LogP contribution < -0.4 is 5.48 Å². The van der Waals surface area contributed by atoms with Crippen molar-refractivity contribution in [3.8, 4) is 0 Å². The third-order valence-electron chi connectivity index (χ3n) is 1.62. The Hall–Kier alpha value is -0.280. The van der Waals surface area contributed by atoms with E-state index in [1.807, 2.05) is 0 Å². The molecule has 1 aromatic rings. The Morgan fingerprint density at radius 2 is 2.08 bits per heavy atom. The van der Waals surface area contributed by atoms with Gasteiger partial charge in [-0.2, -0.15) is 5.48 Å². The van der Waals surface area contributed by atoms with Crippen LogP contribution in [0.5, 0.6) is 0 Å². The molecule has 2 nitrogen and oxygen atoms in total. The summed E-state index contributed by atoms with van der Waals surface area (Å²) in [6.45, 7) is 1.79. The molecule has 0 aliphatic carbocycles. The first-order valence-electron chi connectivity index (χ1n) is 3.49. The van der Waals surface area contributed by atoms with Crippen molar-refractivity contribution >= 4 is 23.2 Å². The van der Waals surface area contributed by atoms with Gasteiger partial charge in [-0.3, -0.25) is 0 Å². The molecular formula is C8H9Cl2NO. The smallest absolute Gasteiger partial charge is 0.0556 e. The van der Waals surface area contributed by atoms with Crippen molar-refractivity contribution in [2.75, 3.05) is 0 Å². The van der Waals surface area contributed by atoms with Gasteiger partial charge in [0.2, 0.25) is 0 Å². The zero-order valence-corrected chi connectivity index (χ0v) is 8.02. The van der Waals surface area contributed by atoms with Crippen LogP contribution in [0.4, 0.5) is 0 Å². The van der Waals surface area contributed by atoms with Crippen LogP contribution >= 0.6 is 23.2 Å². The van der Waals surface area contributed by atoms with Crippen LogP contribution in [0.2, 0.25) is 10.0 Å². The van der Waals surface area contributed by atoms with E-state index in [2.05, 4.69) is 5.48 Å². The maximum Gasteiger partial charge on any atom is 0.0556 e. The van der Waals surface area contributed by atoms with Crippen LogP contribution in [0.15, 0.2) is 18.2 Å². The lowest BCUT2D eigenvalue weighted by Crippen LogP contribution is -2.13. The Balaban J connectivity index is 3.04. The second kappa shape index (κ2) is 4.10. The SMILES string of the molecule is CC(NO)c1cc(Cl)ccc1Cl. The molecule has 0 fully saturated rings. The summed E-state index contributed by atoms with van der Waals surface area (Å²) in [6, 6.07) is 4.92. The van der Waals surface area contributed by atoms with Gasteiger partial charge in [-0.25, -0.2) is 0 Å². The fraction of sp³-hybridized carbons (Fsp3) is 0.250. The number of hydroxylamine groups is 1. The van der Waals surface area contributed by atoms with Gasteiger partial charge in [0.05, 0.1) is 6.04 Å². The van der Waals surface area contributed by atoms with Crippen molar-refractivity contribution in [1.29, 1.82) is 0 Å². The van der Waals surface area contributed by atoms with Crippen molar-refractivity contribution < 1.29 is 5.21 Å². The largest absolute Gasteiger partial charge is 0.316 e. The van der Waals surface area contributed by atoms with E-state index in [0.29, 0.717) is 10.0 Å². The predicted octanol–water partition coefficient (Wildman–Crippen LogP) is 3.03. The second-order valence-electron chi connectivity index (χ2n) is 2.52. The van der Waals surface area contributed by atoms with Crippen LogP contribution in [-0.2, 0) is 0 Å². The third-order valence-corrected chi connectivity index (χ3v) is 2.20. The Morgan fingerprint density at radius 3 is 2.67 bits per heavy atom. The number of benzene rings is 1. The summed E-state index contributed by atoms with van der Waals surface area (Å²) in [5.41, 5.74) is 2.89. The monoisotopic (exact) mass is 205 g/mol. The highest BCUT2D eigenvalue weighted by Gasteiger charge is 2.08. The molecule has 0 bridgehead atoms. The Labute approximate surface area is 81.1 Å². The highest BCUT2D eigenvalue weighted by molar-refractivity contribution is 6.33. The maximum atomic E-state index is 8.65. The van der Waals surface area contributed by atoms with Gasteiger partial charge in [0.1, 0.15) is 0 Å². The first-order chi connectivity index (χ1) is 5.65. The third kappa shape index (κ3) is 2.11. The molecule has 0 saturated carbocycles. The van der Waals surface area contributed by atoms with E-state index in [4.69, 9.17) is 28.4 Å². The molecule has 0 aliphatic heterocycles. The van der Waals surface area contributed by atoms with Crippen molar-refractivity contribution in [2.24, 2.45) is 0 Å². The molecule has 1 atom stereocenters. The van der Waals surface area contributed by atoms with Crippen LogP contribution in [0, 0.1) is 0 Å². The predicted molar refractivity (Wildman–Crippen MR) is 49.8 cm³/mol. The van der Waals surface area contributed by atoms with Gasteiger partial charge in [0, 0.05) is 10.0 Å². The molecule has 0 aromatic heterocycles. The van der Waals surface area contributed by atoms with E-state index in [-0.39, 0.29) is 6.04 Å². The molecule has 2 N–H and O–H groups in total. The van der Waals surface area contributed by atoms with Crippen molar-refractivity contribution in [2.45, 2.75) is 13.0 Å². The molecule has 0 radical (unpaired) electrons. The molecule has 1 unspecified atom stereocenters. The Kier molecular flexibility index (Phi) is 3.35.